The van der Waals surface area contributed by atoms with Gasteiger partial charge in [0, 0.05) is 6.54 Å². The fraction of sp³-hybridized carbons (Fsp3) is 0.429. The number of hydrazine groups is 1. The van der Waals surface area contributed by atoms with Gasteiger partial charge in [-0.2, -0.15) is 18.2 Å². The predicted octanol–water partition coefficient (Wildman–Crippen LogP) is 1.03. The van der Waals surface area contributed by atoms with Gasteiger partial charge in [-0.3, -0.25) is 15.5 Å². The van der Waals surface area contributed by atoms with Gasteiger partial charge >= 0.3 is 11.9 Å². The van der Waals surface area contributed by atoms with Crippen LogP contribution in [0.3, 0.4) is 0 Å². The minimum Gasteiger partial charge on any atom is -0.364 e. The van der Waals surface area contributed by atoms with Gasteiger partial charge in [0.2, 0.25) is 11.8 Å². The SMILES string of the molecule is NNc1ncc([N+](=O)[O-])c(NCCC(F)(F)F)n1. The van der Waals surface area contributed by atoms with E-state index in [9.17, 15) is 23.3 Å². The van der Waals surface area contributed by atoms with Gasteiger partial charge in [-0.1, -0.05) is 0 Å². The third-order valence-corrected chi connectivity index (χ3v) is 1.80. The maximum Gasteiger partial charge on any atom is 0.390 e. The normalized spacial score (nSPS) is 11.1. The number of hydrogen-bond donors (Lipinski definition) is 3. The van der Waals surface area contributed by atoms with Gasteiger partial charge in [-0.05, 0) is 0 Å². The molecule has 0 atom stereocenters. The van der Waals surface area contributed by atoms with Crippen molar-refractivity contribution in [2.75, 3.05) is 17.3 Å². The Bertz CT molecular complexity index is 438. The first-order chi connectivity index (χ1) is 8.33. The van der Waals surface area contributed by atoms with Crippen molar-refractivity contribution in [1.82, 2.24) is 9.97 Å². The van der Waals surface area contributed by atoms with Crippen LogP contribution in [0.4, 0.5) is 30.6 Å². The van der Waals surface area contributed by atoms with E-state index in [0.29, 0.717) is 0 Å². The summed E-state index contributed by atoms with van der Waals surface area (Å²) in [5.41, 5.74) is 1.50. The summed E-state index contributed by atoms with van der Waals surface area (Å²) in [5.74, 6) is 4.52. The smallest absolute Gasteiger partial charge is 0.364 e. The summed E-state index contributed by atoms with van der Waals surface area (Å²) in [6.07, 6.45) is -4.65. The van der Waals surface area contributed by atoms with Crippen LogP contribution >= 0.6 is 0 Å². The molecule has 0 aliphatic rings. The minimum atomic E-state index is -4.36. The van der Waals surface area contributed by atoms with Gasteiger partial charge in [-0.15, -0.1) is 0 Å². The molecule has 0 unspecified atom stereocenters. The van der Waals surface area contributed by atoms with E-state index in [4.69, 9.17) is 5.84 Å². The summed E-state index contributed by atoms with van der Waals surface area (Å²) in [5, 5.41) is 12.8. The second kappa shape index (κ2) is 5.44. The third-order valence-electron chi connectivity index (χ3n) is 1.80. The molecule has 11 heteroatoms. The number of nitro groups is 1. The number of nitrogen functional groups attached to an aromatic ring is 1. The topological polar surface area (TPSA) is 119 Å². The lowest BCUT2D eigenvalue weighted by Gasteiger charge is -2.09. The molecule has 18 heavy (non-hydrogen) atoms. The lowest BCUT2D eigenvalue weighted by Crippen LogP contribution is -2.17. The van der Waals surface area contributed by atoms with Gasteiger partial charge in [0.1, 0.15) is 6.20 Å². The standard InChI is InChI=1S/C7H9F3N6O2/c8-7(9,10)1-2-12-5-4(16(17)18)3-13-6(14-5)15-11/h3H,1-2,11H2,(H2,12,13,14,15). The molecule has 0 aliphatic carbocycles. The second-order valence-electron chi connectivity index (χ2n) is 3.12. The Morgan fingerprint density at radius 1 is 1.50 bits per heavy atom. The van der Waals surface area contributed by atoms with Crippen LogP contribution in [0.2, 0.25) is 0 Å². The Hall–Kier alpha value is -2.17. The maximum atomic E-state index is 11.9. The highest BCUT2D eigenvalue weighted by Crippen LogP contribution is 2.23. The molecule has 0 aromatic carbocycles. The molecule has 1 rings (SSSR count). The van der Waals surface area contributed by atoms with E-state index < -0.39 is 29.8 Å². The maximum absolute atomic E-state index is 11.9. The Kier molecular flexibility index (Phi) is 4.20. The van der Waals surface area contributed by atoms with Gasteiger partial charge in [0.25, 0.3) is 0 Å². The summed E-state index contributed by atoms with van der Waals surface area (Å²) < 4.78 is 35.8. The quantitative estimate of drug-likeness (QED) is 0.413. The molecule has 0 saturated heterocycles. The number of nitrogens with zero attached hydrogens (tertiary/aromatic N) is 3. The molecular formula is C7H9F3N6O2. The summed E-state index contributed by atoms with van der Waals surface area (Å²) >= 11 is 0. The first-order valence-corrected chi connectivity index (χ1v) is 4.62. The Balaban J connectivity index is 2.81. The lowest BCUT2D eigenvalue weighted by molar-refractivity contribution is -0.384. The summed E-state index contributed by atoms with van der Waals surface area (Å²) in [6, 6.07) is 0. The first kappa shape index (κ1) is 13.9. The number of halogens is 3. The first-order valence-electron chi connectivity index (χ1n) is 4.62. The fourth-order valence-electron chi connectivity index (χ4n) is 1.03. The molecule has 100 valence electrons. The zero-order valence-electron chi connectivity index (χ0n) is 8.86. The number of nitrogens with one attached hydrogen (secondary N) is 2. The van der Waals surface area contributed by atoms with Crippen LogP contribution in [0.1, 0.15) is 6.42 Å². The molecule has 0 spiro atoms. The average Bonchev–Trinajstić information content (AvgIpc) is 2.26. The van der Waals surface area contributed by atoms with E-state index in [1.807, 2.05) is 5.43 Å². The summed E-state index contributed by atoms with van der Waals surface area (Å²) in [4.78, 5) is 16.8. The zero-order valence-corrected chi connectivity index (χ0v) is 8.86. The van der Waals surface area contributed by atoms with Crippen molar-refractivity contribution >= 4 is 17.5 Å². The van der Waals surface area contributed by atoms with Crippen molar-refractivity contribution in [2.24, 2.45) is 5.84 Å². The van der Waals surface area contributed by atoms with Crippen LogP contribution in [0.15, 0.2) is 6.20 Å². The molecule has 8 nitrogen and oxygen atoms in total. The minimum absolute atomic E-state index is 0.143. The van der Waals surface area contributed by atoms with Crippen molar-refractivity contribution in [3.05, 3.63) is 16.3 Å². The Morgan fingerprint density at radius 3 is 2.67 bits per heavy atom. The van der Waals surface area contributed by atoms with Gasteiger partial charge in [-0.25, -0.2) is 10.8 Å². The van der Waals surface area contributed by atoms with Crippen molar-refractivity contribution in [3.8, 4) is 0 Å². The molecule has 0 fully saturated rings. The van der Waals surface area contributed by atoms with Crippen LogP contribution < -0.4 is 16.6 Å². The Morgan fingerprint density at radius 2 is 2.17 bits per heavy atom. The van der Waals surface area contributed by atoms with Crippen molar-refractivity contribution in [2.45, 2.75) is 12.6 Å². The molecule has 0 radical (unpaired) electrons. The number of hydrogen-bond acceptors (Lipinski definition) is 7. The number of anilines is 2. The van der Waals surface area contributed by atoms with E-state index in [1.54, 1.807) is 0 Å². The average molecular weight is 266 g/mol. The number of aromatic nitrogens is 2. The molecule has 0 amide bonds. The highest BCUT2D eigenvalue weighted by molar-refractivity contribution is 5.56. The molecule has 1 aromatic rings. The second-order valence-corrected chi connectivity index (χ2v) is 3.12. The van der Waals surface area contributed by atoms with Crippen LogP contribution in [-0.4, -0.2) is 27.6 Å². The fourth-order valence-corrected chi connectivity index (χ4v) is 1.03. The van der Waals surface area contributed by atoms with E-state index in [0.717, 1.165) is 6.20 Å². The largest absolute Gasteiger partial charge is 0.390 e. The molecule has 1 aromatic heterocycles. The predicted molar refractivity (Wildman–Crippen MR) is 55.7 cm³/mol. The number of alkyl halides is 3. The molecule has 0 aliphatic heterocycles. The highest BCUT2D eigenvalue weighted by atomic mass is 19.4. The monoisotopic (exact) mass is 266 g/mol. The molecule has 0 saturated carbocycles. The van der Waals surface area contributed by atoms with Gasteiger partial charge in [0.05, 0.1) is 11.3 Å². The molecule has 0 bridgehead atoms. The van der Waals surface area contributed by atoms with Crippen LogP contribution in [0.25, 0.3) is 0 Å². The van der Waals surface area contributed by atoms with Crippen molar-refractivity contribution < 1.29 is 18.1 Å². The van der Waals surface area contributed by atoms with E-state index in [-0.39, 0.29) is 11.8 Å². The van der Waals surface area contributed by atoms with Crippen LogP contribution in [-0.2, 0) is 0 Å². The summed E-state index contributed by atoms with van der Waals surface area (Å²) in [6.45, 7) is -0.536. The van der Waals surface area contributed by atoms with E-state index in [1.165, 1.54) is 0 Å². The highest BCUT2D eigenvalue weighted by Gasteiger charge is 2.27. The van der Waals surface area contributed by atoms with E-state index in [2.05, 4.69) is 15.3 Å². The Labute approximate surface area is 98.5 Å². The third kappa shape index (κ3) is 4.01. The van der Waals surface area contributed by atoms with Crippen LogP contribution in [0.5, 0.6) is 0 Å². The molecular weight excluding hydrogens is 257 g/mol. The molecule has 4 N–H and O–H groups in total. The van der Waals surface area contributed by atoms with Crippen molar-refractivity contribution in [3.63, 3.8) is 0 Å². The molecule has 1 heterocycles. The van der Waals surface area contributed by atoms with Crippen LogP contribution in [0, 0.1) is 10.1 Å². The lowest BCUT2D eigenvalue weighted by atomic mass is 10.4. The van der Waals surface area contributed by atoms with Crippen molar-refractivity contribution in [1.29, 1.82) is 0 Å². The zero-order chi connectivity index (χ0) is 13.8. The summed E-state index contributed by atoms with van der Waals surface area (Å²) in [7, 11) is 0. The number of nitrogens with two attached hydrogens (primary N) is 1. The number of rotatable bonds is 5. The van der Waals surface area contributed by atoms with Gasteiger partial charge < -0.3 is 5.32 Å². The van der Waals surface area contributed by atoms with Gasteiger partial charge in [0.15, 0.2) is 0 Å². The van der Waals surface area contributed by atoms with E-state index >= 15 is 0 Å².